The largest absolute Gasteiger partial charge is 0.373 e. The predicted molar refractivity (Wildman–Crippen MR) is 59.6 cm³/mol. The highest BCUT2D eigenvalue weighted by atomic mass is 32.2. The second kappa shape index (κ2) is 5.37. The summed E-state index contributed by atoms with van der Waals surface area (Å²) in [5.41, 5.74) is 0. The molecule has 0 amide bonds. The van der Waals surface area contributed by atoms with Crippen LogP contribution in [0.15, 0.2) is 23.2 Å². The number of pyridine rings is 1. The summed E-state index contributed by atoms with van der Waals surface area (Å²) in [4.78, 5) is 3.78. The van der Waals surface area contributed by atoms with E-state index in [9.17, 15) is 17.2 Å². The third-order valence-electron chi connectivity index (χ3n) is 2.09. The van der Waals surface area contributed by atoms with Crippen molar-refractivity contribution in [2.45, 2.75) is 11.3 Å². The van der Waals surface area contributed by atoms with E-state index in [1.165, 1.54) is 18.3 Å². The van der Waals surface area contributed by atoms with Crippen molar-refractivity contribution < 1.29 is 17.2 Å². The van der Waals surface area contributed by atoms with E-state index in [1.807, 2.05) is 0 Å². The van der Waals surface area contributed by atoms with Crippen LogP contribution in [-0.2, 0) is 10.0 Å². The summed E-state index contributed by atoms with van der Waals surface area (Å²) < 4.78 is 48.7. The first-order valence-corrected chi connectivity index (χ1v) is 6.20. The Bertz CT molecular complexity index is 479. The molecule has 0 aliphatic carbocycles. The number of nitrogens with one attached hydrogen (secondary N) is 1. The van der Waals surface area contributed by atoms with Gasteiger partial charge in [0.05, 0.1) is 11.4 Å². The van der Waals surface area contributed by atoms with Crippen molar-refractivity contribution in [2.75, 3.05) is 26.0 Å². The van der Waals surface area contributed by atoms with Gasteiger partial charge in [0.1, 0.15) is 5.82 Å². The maximum Gasteiger partial charge on any atom is 0.252 e. The minimum absolute atomic E-state index is 0.0694. The van der Waals surface area contributed by atoms with Gasteiger partial charge in [-0.3, -0.25) is 0 Å². The molecule has 0 saturated carbocycles. The fraction of sp³-hybridized carbons (Fsp3) is 0.444. The van der Waals surface area contributed by atoms with Crippen LogP contribution < -0.4 is 5.32 Å². The lowest BCUT2D eigenvalue weighted by Gasteiger charge is -2.16. The molecule has 0 unspecified atom stereocenters. The molecule has 1 aromatic heterocycles. The summed E-state index contributed by atoms with van der Waals surface area (Å²) in [6.07, 6.45) is -1.41. The van der Waals surface area contributed by atoms with Gasteiger partial charge in [0.25, 0.3) is 6.43 Å². The Kier molecular flexibility index (Phi) is 4.35. The minimum Gasteiger partial charge on any atom is -0.373 e. The molecule has 8 heteroatoms. The number of alkyl halides is 2. The molecule has 0 spiro atoms. The van der Waals surface area contributed by atoms with E-state index in [2.05, 4.69) is 10.3 Å². The van der Waals surface area contributed by atoms with Crippen molar-refractivity contribution in [3.8, 4) is 0 Å². The fourth-order valence-corrected chi connectivity index (χ4v) is 2.34. The van der Waals surface area contributed by atoms with Crippen LogP contribution >= 0.6 is 0 Å². The number of sulfonamides is 1. The summed E-state index contributed by atoms with van der Waals surface area (Å²) in [5.74, 6) is 0.358. The molecule has 5 nitrogen and oxygen atoms in total. The lowest BCUT2D eigenvalue weighted by molar-refractivity contribution is 0.126. The first-order valence-electron chi connectivity index (χ1n) is 4.76. The van der Waals surface area contributed by atoms with Crippen LogP contribution in [0.4, 0.5) is 14.6 Å². The Morgan fingerprint density at radius 1 is 1.53 bits per heavy atom. The lowest BCUT2D eigenvalue weighted by atomic mass is 10.5. The first-order chi connectivity index (χ1) is 7.87. The highest BCUT2D eigenvalue weighted by Crippen LogP contribution is 2.17. The number of hydrogen-bond acceptors (Lipinski definition) is 4. The second-order valence-electron chi connectivity index (χ2n) is 3.30. The summed E-state index contributed by atoms with van der Waals surface area (Å²) in [6, 6.07) is 2.55. The van der Waals surface area contributed by atoms with E-state index < -0.39 is 23.0 Å². The van der Waals surface area contributed by atoms with Crippen molar-refractivity contribution in [2.24, 2.45) is 0 Å². The van der Waals surface area contributed by atoms with Gasteiger partial charge in [-0.05, 0) is 6.07 Å². The van der Waals surface area contributed by atoms with Gasteiger partial charge in [-0.1, -0.05) is 0 Å². The van der Waals surface area contributed by atoms with Crippen molar-refractivity contribution in [3.63, 3.8) is 0 Å². The quantitative estimate of drug-likeness (QED) is 0.863. The van der Waals surface area contributed by atoms with E-state index >= 15 is 0 Å². The van der Waals surface area contributed by atoms with Crippen molar-refractivity contribution in [1.82, 2.24) is 9.29 Å². The molecule has 0 saturated heterocycles. The maximum absolute atomic E-state index is 12.1. The van der Waals surface area contributed by atoms with Crippen LogP contribution in [-0.4, -0.2) is 44.8 Å². The highest BCUT2D eigenvalue weighted by Gasteiger charge is 2.23. The number of rotatable bonds is 5. The topological polar surface area (TPSA) is 62.3 Å². The molecule has 1 rings (SSSR count). The van der Waals surface area contributed by atoms with E-state index in [-0.39, 0.29) is 4.90 Å². The zero-order chi connectivity index (χ0) is 13.1. The Hall–Kier alpha value is -1.28. The molecule has 1 N–H and O–H groups in total. The van der Waals surface area contributed by atoms with Gasteiger partial charge in [0.2, 0.25) is 10.0 Å². The SMILES string of the molecule is CNc1cc(S(=O)(=O)N(C)CC(F)F)ccn1. The van der Waals surface area contributed by atoms with Crippen molar-refractivity contribution in [1.29, 1.82) is 0 Å². The standard InChI is InChI=1S/C9H13F2N3O2S/c1-12-9-5-7(3-4-13-9)17(15,16)14(2)6-8(10)11/h3-5,8H,6H2,1-2H3,(H,12,13). The van der Waals surface area contributed by atoms with Gasteiger partial charge in [0.15, 0.2) is 0 Å². The van der Waals surface area contributed by atoms with Gasteiger partial charge in [0, 0.05) is 26.4 Å². The van der Waals surface area contributed by atoms with Gasteiger partial charge >= 0.3 is 0 Å². The zero-order valence-corrected chi connectivity index (χ0v) is 10.2. The Labute approximate surface area is 98.5 Å². The third kappa shape index (κ3) is 3.34. The lowest BCUT2D eigenvalue weighted by Crippen LogP contribution is -2.31. The molecule has 0 aliphatic heterocycles. The second-order valence-corrected chi connectivity index (χ2v) is 5.35. The highest BCUT2D eigenvalue weighted by molar-refractivity contribution is 7.89. The average molecular weight is 265 g/mol. The monoisotopic (exact) mass is 265 g/mol. The average Bonchev–Trinajstić information content (AvgIpc) is 2.28. The molecular weight excluding hydrogens is 252 g/mol. The molecule has 1 heterocycles. The van der Waals surface area contributed by atoms with Crippen LogP contribution in [0.25, 0.3) is 0 Å². The van der Waals surface area contributed by atoms with Crippen LogP contribution in [0.1, 0.15) is 0 Å². The summed E-state index contributed by atoms with van der Waals surface area (Å²) >= 11 is 0. The van der Waals surface area contributed by atoms with E-state index in [4.69, 9.17) is 0 Å². The van der Waals surface area contributed by atoms with Gasteiger partial charge < -0.3 is 5.32 Å². The Morgan fingerprint density at radius 2 is 2.18 bits per heavy atom. The Balaban J connectivity index is 3.04. The number of anilines is 1. The van der Waals surface area contributed by atoms with Crippen LogP contribution in [0.3, 0.4) is 0 Å². The summed E-state index contributed by atoms with van der Waals surface area (Å²) in [6.45, 7) is -0.834. The van der Waals surface area contributed by atoms with Gasteiger partial charge in [-0.25, -0.2) is 22.2 Å². The molecule has 96 valence electrons. The van der Waals surface area contributed by atoms with Gasteiger partial charge in [-0.15, -0.1) is 0 Å². The maximum atomic E-state index is 12.1. The van der Waals surface area contributed by atoms with Crippen molar-refractivity contribution in [3.05, 3.63) is 18.3 Å². The molecule has 0 aromatic carbocycles. The van der Waals surface area contributed by atoms with Crippen molar-refractivity contribution >= 4 is 15.8 Å². The molecular formula is C9H13F2N3O2S. The first kappa shape index (κ1) is 13.8. The molecule has 0 aliphatic rings. The Morgan fingerprint density at radius 3 is 2.71 bits per heavy atom. The van der Waals surface area contributed by atoms with E-state index in [0.717, 1.165) is 7.05 Å². The van der Waals surface area contributed by atoms with Crippen LogP contribution in [0.5, 0.6) is 0 Å². The van der Waals surface area contributed by atoms with E-state index in [0.29, 0.717) is 10.1 Å². The summed E-state index contributed by atoms with van der Waals surface area (Å²) in [5, 5.41) is 2.68. The smallest absolute Gasteiger partial charge is 0.252 e. The number of halogens is 2. The van der Waals surface area contributed by atoms with E-state index in [1.54, 1.807) is 7.05 Å². The summed E-state index contributed by atoms with van der Waals surface area (Å²) in [7, 11) is -1.20. The van der Waals surface area contributed by atoms with Crippen LogP contribution in [0.2, 0.25) is 0 Å². The molecule has 0 atom stereocenters. The molecule has 17 heavy (non-hydrogen) atoms. The molecule has 0 bridgehead atoms. The molecule has 0 radical (unpaired) electrons. The normalized spacial score (nSPS) is 12.1. The van der Waals surface area contributed by atoms with Crippen LogP contribution in [0, 0.1) is 0 Å². The van der Waals surface area contributed by atoms with Gasteiger partial charge in [-0.2, -0.15) is 4.31 Å². The zero-order valence-electron chi connectivity index (χ0n) is 9.39. The number of nitrogens with zero attached hydrogens (tertiary/aromatic N) is 2. The minimum atomic E-state index is -3.89. The predicted octanol–water partition coefficient (Wildman–Crippen LogP) is 1.01. The molecule has 0 fully saturated rings. The third-order valence-corrected chi connectivity index (χ3v) is 3.91. The molecule has 1 aromatic rings. The number of hydrogen-bond donors (Lipinski definition) is 1. The fourth-order valence-electron chi connectivity index (χ4n) is 1.18. The number of aromatic nitrogens is 1.